The van der Waals surface area contributed by atoms with Crippen molar-refractivity contribution in [3.63, 3.8) is 0 Å². The van der Waals surface area contributed by atoms with Gasteiger partial charge in [0.1, 0.15) is 29.2 Å². The summed E-state index contributed by atoms with van der Waals surface area (Å²) in [5, 5.41) is 12.7. The highest BCUT2D eigenvalue weighted by Gasteiger charge is 2.25. The van der Waals surface area contributed by atoms with Crippen LogP contribution in [0.3, 0.4) is 0 Å². The second kappa shape index (κ2) is 7.91. The van der Waals surface area contributed by atoms with Crippen molar-refractivity contribution in [2.75, 3.05) is 14.2 Å². The van der Waals surface area contributed by atoms with E-state index >= 15 is 0 Å². The lowest BCUT2D eigenvalue weighted by Gasteiger charge is -2.12. The van der Waals surface area contributed by atoms with Crippen LogP contribution in [0.1, 0.15) is 33.5 Å². The number of carbonyl (C=O) groups excluding carboxylic acids is 2. The Morgan fingerprint density at radius 1 is 1.11 bits per heavy atom. The lowest BCUT2D eigenvalue weighted by Crippen LogP contribution is -2.37. The van der Waals surface area contributed by atoms with Crippen LogP contribution in [0.15, 0.2) is 42.5 Å². The van der Waals surface area contributed by atoms with Crippen molar-refractivity contribution >= 4 is 22.8 Å². The molecule has 1 aromatic heterocycles. The number of Topliss-reactive ketones (excluding diaryl/α,β-unsaturated/α-hetero) is 1. The fraction of sp³-hybridized carbons (Fsp3) is 0.200. The summed E-state index contributed by atoms with van der Waals surface area (Å²) in [5.41, 5.74) is 0.653. The summed E-state index contributed by atoms with van der Waals surface area (Å²) in [6, 6.07) is 11.3. The van der Waals surface area contributed by atoms with Gasteiger partial charge in [-0.2, -0.15) is 4.73 Å². The standard InChI is InChI=1S/C20H18N2O6/c1-12(23)19-16(11-28-20(24)14-6-4-5-7-18(14)27-3)21-15-9-8-13(26-2)10-17(15)22(19)25/h4-10H,11H2,1-3H3. The summed E-state index contributed by atoms with van der Waals surface area (Å²) >= 11 is 0. The molecule has 0 radical (unpaired) electrons. The first-order chi connectivity index (χ1) is 13.5. The van der Waals surface area contributed by atoms with Gasteiger partial charge in [0.25, 0.3) is 5.69 Å². The average Bonchev–Trinajstić information content (AvgIpc) is 2.71. The van der Waals surface area contributed by atoms with Gasteiger partial charge in [-0.15, -0.1) is 0 Å². The summed E-state index contributed by atoms with van der Waals surface area (Å²) in [5.74, 6) is -0.322. The predicted molar refractivity (Wildman–Crippen MR) is 99.4 cm³/mol. The number of hydrogen-bond donors (Lipinski definition) is 0. The molecule has 8 heteroatoms. The van der Waals surface area contributed by atoms with Gasteiger partial charge < -0.3 is 19.4 Å². The summed E-state index contributed by atoms with van der Waals surface area (Å²) < 4.78 is 16.0. The lowest BCUT2D eigenvalue weighted by molar-refractivity contribution is -0.580. The molecule has 0 saturated carbocycles. The van der Waals surface area contributed by atoms with Crippen LogP contribution in [0.2, 0.25) is 0 Å². The van der Waals surface area contributed by atoms with Crippen LogP contribution in [-0.4, -0.2) is 31.0 Å². The molecule has 0 aliphatic rings. The van der Waals surface area contributed by atoms with Gasteiger partial charge in [0.05, 0.1) is 20.3 Å². The Kier molecular flexibility index (Phi) is 5.39. The fourth-order valence-corrected chi connectivity index (χ4v) is 2.80. The molecule has 0 N–H and O–H groups in total. The molecule has 28 heavy (non-hydrogen) atoms. The van der Waals surface area contributed by atoms with Crippen LogP contribution in [0.25, 0.3) is 11.0 Å². The van der Waals surface area contributed by atoms with Crippen LogP contribution in [-0.2, 0) is 11.3 Å². The largest absolute Gasteiger partial charge is 0.618 e. The van der Waals surface area contributed by atoms with E-state index in [4.69, 9.17) is 14.2 Å². The molecule has 0 amide bonds. The second-order valence-electron chi connectivity index (χ2n) is 5.89. The lowest BCUT2D eigenvalue weighted by atomic mass is 10.2. The van der Waals surface area contributed by atoms with E-state index in [0.29, 0.717) is 21.7 Å². The Hall–Kier alpha value is -3.68. The first kappa shape index (κ1) is 19.1. The van der Waals surface area contributed by atoms with Gasteiger partial charge in [0, 0.05) is 6.92 Å². The normalized spacial score (nSPS) is 10.5. The van der Waals surface area contributed by atoms with Gasteiger partial charge in [-0.1, -0.05) is 12.1 Å². The second-order valence-corrected chi connectivity index (χ2v) is 5.89. The van der Waals surface area contributed by atoms with Crippen molar-refractivity contribution < 1.29 is 28.5 Å². The first-order valence-corrected chi connectivity index (χ1v) is 8.37. The minimum Gasteiger partial charge on any atom is -0.618 e. The van der Waals surface area contributed by atoms with Gasteiger partial charge in [0.2, 0.25) is 11.3 Å². The van der Waals surface area contributed by atoms with Crippen LogP contribution in [0.4, 0.5) is 0 Å². The third-order valence-corrected chi connectivity index (χ3v) is 4.13. The number of para-hydroxylation sites is 1. The molecule has 144 valence electrons. The molecule has 2 aromatic carbocycles. The van der Waals surface area contributed by atoms with Crippen molar-refractivity contribution in [2.24, 2.45) is 0 Å². The molecule has 0 saturated heterocycles. The predicted octanol–water partition coefficient (Wildman–Crippen LogP) is 2.45. The van der Waals surface area contributed by atoms with Crippen molar-refractivity contribution in [3.05, 3.63) is 64.6 Å². The molecule has 0 bridgehead atoms. The topological polar surface area (TPSA) is 102 Å². The molecular formula is C20H18N2O6. The zero-order valence-electron chi connectivity index (χ0n) is 15.6. The van der Waals surface area contributed by atoms with E-state index < -0.39 is 11.8 Å². The number of ether oxygens (including phenoxy) is 3. The summed E-state index contributed by atoms with van der Waals surface area (Å²) in [4.78, 5) is 28.8. The average molecular weight is 382 g/mol. The number of esters is 1. The molecule has 0 spiro atoms. The van der Waals surface area contributed by atoms with E-state index in [1.165, 1.54) is 27.2 Å². The smallest absolute Gasteiger partial charge is 0.342 e. The minimum absolute atomic E-state index is 0.0726. The van der Waals surface area contributed by atoms with Gasteiger partial charge in [-0.25, -0.2) is 9.78 Å². The maximum Gasteiger partial charge on any atom is 0.342 e. The van der Waals surface area contributed by atoms with E-state index in [9.17, 15) is 14.8 Å². The van der Waals surface area contributed by atoms with Gasteiger partial charge in [-0.3, -0.25) is 4.79 Å². The summed E-state index contributed by atoms with van der Waals surface area (Å²) in [6.45, 7) is 0.916. The molecule has 1 heterocycles. The van der Waals surface area contributed by atoms with Crippen molar-refractivity contribution in [1.82, 2.24) is 4.98 Å². The van der Waals surface area contributed by atoms with Gasteiger partial charge >= 0.3 is 5.97 Å². The quantitative estimate of drug-likeness (QED) is 0.279. The highest BCUT2D eigenvalue weighted by atomic mass is 16.5. The monoisotopic (exact) mass is 382 g/mol. The maximum absolute atomic E-state index is 12.7. The molecule has 0 unspecified atom stereocenters. The third-order valence-electron chi connectivity index (χ3n) is 4.13. The molecule has 0 aliphatic heterocycles. The van der Waals surface area contributed by atoms with Crippen LogP contribution in [0.5, 0.6) is 11.5 Å². The molecule has 3 rings (SSSR count). The molecule has 0 atom stereocenters. The number of methoxy groups -OCH3 is 2. The molecule has 0 fully saturated rings. The Labute approximate surface area is 160 Å². The van der Waals surface area contributed by atoms with E-state index in [1.807, 2.05) is 0 Å². The fourth-order valence-electron chi connectivity index (χ4n) is 2.80. The number of ketones is 1. The van der Waals surface area contributed by atoms with Crippen molar-refractivity contribution in [3.8, 4) is 11.5 Å². The van der Waals surface area contributed by atoms with E-state index in [2.05, 4.69) is 4.98 Å². The molecule has 0 aliphatic carbocycles. The zero-order chi connectivity index (χ0) is 20.3. The third kappa shape index (κ3) is 3.57. The number of nitrogens with zero attached hydrogens (tertiary/aromatic N) is 2. The van der Waals surface area contributed by atoms with Gasteiger partial charge in [0.15, 0.2) is 5.69 Å². The SMILES string of the molecule is COc1ccc2nc(COC(=O)c3ccccc3OC)c(C(C)=O)[n+]([O-])c2c1. The van der Waals surface area contributed by atoms with Gasteiger partial charge in [-0.05, 0) is 24.3 Å². The number of rotatable bonds is 6. The summed E-state index contributed by atoms with van der Waals surface area (Å²) in [7, 11) is 2.92. The Morgan fingerprint density at radius 2 is 1.86 bits per heavy atom. The minimum atomic E-state index is -0.652. The van der Waals surface area contributed by atoms with Crippen molar-refractivity contribution in [1.29, 1.82) is 0 Å². The first-order valence-electron chi connectivity index (χ1n) is 8.37. The number of carbonyl (C=O) groups is 2. The van der Waals surface area contributed by atoms with Crippen LogP contribution < -0.4 is 14.2 Å². The maximum atomic E-state index is 12.7. The van der Waals surface area contributed by atoms with Crippen LogP contribution in [0, 0.1) is 5.21 Å². The highest BCUT2D eigenvalue weighted by molar-refractivity contribution is 5.94. The van der Waals surface area contributed by atoms with E-state index in [1.54, 1.807) is 36.4 Å². The number of benzene rings is 2. The van der Waals surface area contributed by atoms with Crippen LogP contribution >= 0.6 is 0 Å². The van der Waals surface area contributed by atoms with Crippen molar-refractivity contribution in [2.45, 2.75) is 13.5 Å². The molecule has 8 nitrogen and oxygen atoms in total. The van der Waals surface area contributed by atoms with E-state index in [0.717, 1.165) is 0 Å². The number of hydrogen-bond acceptors (Lipinski definition) is 7. The Bertz CT molecular complexity index is 1060. The summed E-state index contributed by atoms with van der Waals surface area (Å²) in [6.07, 6.45) is 0. The Morgan fingerprint density at radius 3 is 2.54 bits per heavy atom. The molecular weight excluding hydrogens is 364 g/mol. The number of aromatic nitrogens is 2. The molecule has 3 aromatic rings. The Balaban J connectivity index is 1.97. The van der Waals surface area contributed by atoms with E-state index in [-0.39, 0.29) is 29.1 Å². The zero-order valence-corrected chi connectivity index (χ0v) is 15.6. The number of fused-ring (bicyclic) bond motifs is 1. The highest BCUT2D eigenvalue weighted by Crippen LogP contribution is 2.21.